The Balaban J connectivity index is 1.15. The number of piperidine rings is 1. The van der Waals surface area contributed by atoms with Crippen LogP contribution in [0, 0.1) is 11.8 Å². The van der Waals surface area contributed by atoms with Crippen molar-refractivity contribution < 1.29 is 4.79 Å². The zero-order valence-corrected chi connectivity index (χ0v) is 27.3. The lowest BCUT2D eigenvalue weighted by molar-refractivity contribution is -0.133. The van der Waals surface area contributed by atoms with Crippen molar-refractivity contribution in [3.05, 3.63) is 30.3 Å². The fourth-order valence-corrected chi connectivity index (χ4v) is 7.45. The third-order valence-electron chi connectivity index (χ3n) is 10.2. The molecule has 0 radical (unpaired) electrons. The van der Waals surface area contributed by atoms with Gasteiger partial charge >= 0.3 is 0 Å². The monoisotopic (exact) mass is 599 g/mol. The fourth-order valence-electron chi connectivity index (χ4n) is 7.45. The van der Waals surface area contributed by atoms with Gasteiger partial charge in [0.05, 0.1) is 6.67 Å². The summed E-state index contributed by atoms with van der Waals surface area (Å²) in [5, 5.41) is 13.9. The lowest BCUT2D eigenvalue weighted by Crippen LogP contribution is -2.58. The van der Waals surface area contributed by atoms with Gasteiger partial charge in [0.1, 0.15) is 5.54 Å². The van der Waals surface area contributed by atoms with Crippen LogP contribution in [0.4, 0.5) is 5.69 Å². The molecule has 244 valence electrons. The van der Waals surface area contributed by atoms with Crippen LogP contribution in [0.1, 0.15) is 65.2 Å². The molecule has 2 saturated heterocycles. The van der Waals surface area contributed by atoms with E-state index in [0.29, 0.717) is 25.2 Å². The van der Waals surface area contributed by atoms with Crippen LogP contribution >= 0.6 is 0 Å². The van der Waals surface area contributed by atoms with E-state index in [4.69, 9.17) is 5.73 Å². The fraction of sp³-hybridized carbons (Fsp3) is 0.794. The molecule has 0 unspecified atom stereocenters. The molecule has 3 aliphatic rings. The second-order valence-corrected chi connectivity index (χ2v) is 13.3. The van der Waals surface area contributed by atoms with E-state index in [1.807, 2.05) is 0 Å². The molecule has 43 heavy (non-hydrogen) atoms. The van der Waals surface area contributed by atoms with Crippen LogP contribution in [0.2, 0.25) is 0 Å². The molecular formula is C34H62N8O. The van der Waals surface area contributed by atoms with Crippen molar-refractivity contribution in [2.45, 2.75) is 76.8 Å². The quantitative estimate of drug-likeness (QED) is 0.155. The van der Waals surface area contributed by atoms with Crippen LogP contribution in [0.3, 0.4) is 0 Å². The summed E-state index contributed by atoms with van der Waals surface area (Å²) in [6, 6.07) is 11.4. The Kier molecular flexibility index (Phi) is 14.5. The molecule has 1 aromatic rings. The van der Waals surface area contributed by atoms with Gasteiger partial charge in [0, 0.05) is 70.6 Å². The molecule has 1 aromatic carbocycles. The number of likely N-dealkylation sites (tertiary alicyclic amines) is 1. The summed E-state index contributed by atoms with van der Waals surface area (Å²) in [7, 11) is 0. The summed E-state index contributed by atoms with van der Waals surface area (Å²) < 4.78 is 0. The molecule has 1 amide bonds. The lowest BCUT2D eigenvalue weighted by atomic mass is 9.78. The van der Waals surface area contributed by atoms with Gasteiger partial charge in [0.25, 0.3) is 0 Å². The molecule has 1 saturated carbocycles. The molecule has 0 atom stereocenters. The minimum Gasteiger partial charge on any atom is -0.339 e. The van der Waals surface area contributed by atoms with Gasteiger partial charge in [0.15, 0.2) is 0 Å². The Bertz CT molecular complexity index is 899. The maximum absolute atomic E-state index is 14.1. The summed E-state index contributed by atoms with van der Waals surface area (Å²) in [4.78, 5) is 21.4. The predicted octanol–water partition coefficient (Wildman–Crippen LogP) is 2.44. The van der Waals surface area contributed by atoms with E-state index in [1.54, 1.807) is 0 Å². The van der Waals surface area contributed by atoms with Gasteiger partial charge in [0.2, 0.25) is 5.91 Å². The van der Waals surface area contributed by atoms with Gasteiger partial charge in [-0.1, -0.05) is 32.0 Å². The van der Waals surface area contributed by atoms with E-state index in [9.17, 15) is 4.79 Å². The Labute approximate surface area is 262 Å². The van der Waals surface area contributed by atoms with Crippen molar-refractivity contribution in [1.82, 2.24) is 31.1 Å². The molecule has 2 heterocycles. The number of amides is 1. The highest BCUT2D eigenvalue weighted by Gasteiger charge is 2.54. The van der Waals surface area contributed by atoms with Crippen molar-refractivity contribution in [2.75, 3.05) is 90.1 Å². The number of nitrogens with zero attached hydrogens (tertiary/aromatic N) is 3. The van der Waals surface area contributed by atoms with E-state index in [0.717, 1.165) is 110 Å². The highest BCUT2D eigenvalue weighted by atomic mass is 16.2. The van der Waals surface area contributed by atoms with Crippen molar-refractivity contribution >= 4 is 11.6 Å². The number of hydrogen-bond acceptors (Lipinski definition) is 8. The second kappa shape index (κ2) is 18.3. The number of anilines is 1. The number of para-hydroxylation sites is 1. The second-order valence-electron chi connectivity index (χ2n) is 13.3. The molecule has 4 rings (SSSR count). The topological polar surface area (TPSA) is 101 Å². The molecule has 9 heteroatoms. The zero-order chi connectivity index (χ0) is 30.3. The van der Waals surface area contributed by atoms with E-state index in [-0.39, 0.29) is 5.54 Å². The number of nitrogens with one attached hydrogen (secondary N) is 4. The van der Waals surface area contributed by atoms with Crippen LogP contribution in [-0.4, -0.2) is 112 Å². The summed E-state index contributed by atoms with van der Waals surface area (Å²) in [6.07, 6.45) is 9.36. The van der Waals surface area contributed by atoms with Gasteiger partial charge in [-0.15, -0.1) is 0 Å². The van der Waals surface area contributed by atoms with Gasteiger partial charge in [-0.3, -0.25) is 4.79 Å². The highest BCUT2D eigenvalue weighted by molar-refractivity contribution is 5.93. The van der Waals surface area contributed by atoms with E-state index < -0.39 is 0 Å². The normalized spacial score (nSPS) is 22.7. The van der Waals surface area contributed by atoms with Crippen LogP contribution in [0.5, 0.6) is 0 Å². The lowest BCUT2D eigenvalue weighted by Gasteiger charge is -2.47. The molecule has 1 aliphatic carbocycles. The number of carbonyl (C=O) groups is 1. The SMILES string of the molecule is CC(C)[C@H]1CC[C@@H](N2CCC3(CC2)C(=O)N(CCCNCCNCCNCCCNCCN)CN3c2ccccc2)CC1. The third-order valence-corrected chi connectivity index (χ3v) is 10.2. The molecule has 0 aromatic heterocycles. The van der Waals surface area contributed by atoms with Crippen LogP contribution in [0.25, 0.3) is 0 Å². The van der Waals surface area contributed by atoms with E-state index >= 15 is 0 Å². The van der Waals surface area contributed by atoms with E-state index in [2.05, 4.69) is 80.1 Å². The van der Waals surface area contributed by atoms with Crippen LogP contribution in [0.15, 0.2) is 30.3 Å². The van der Waals surface area contributed by atoms with Crippen molar-refractivity contribution in [3.63, 3.8) is 0 Å². The number of carbonyl (C=O) groups excluding carboxylic acids is 1. The summed E-state index contributed by atoms with van der Waals surface area (Å²) in [6.45, 7) is 16.8. The minimum absolute atomic E-state index is 0.351. The predicted molar refractivity (Wildman–Crippen MR) is 179 cm³/mol. The van der Waals surface area contributed by atoms with Crippen molar-refractivity contribution in [3.8, 4) is 0 Å². The molecular weight excluding hydrogens is 536 g/mol. The largest absolute Gasteiger partial charge is 0.339 e. The number of nitrogens with two attached hydrogens (primary N) is 1. The first kappa shape index (κ1) is 34.1. The van der Waals surface area contributed by atoms with E-state index in [1.165, 1.54) is 31.4 Å². The first-order chi connectivity index (χ1) is 21.0. The Hall–Kier alpha value is -1.75. The Morgan fingerprint density at radius 1 is 0.814 bits per heavy atom. The number of benzene rings is 1. The molecule has 0 bridgehead atoms. The van der Waals surface area contributed by atoms with Crippen LogP contribution in [-0.2, 0) is 4.79 Å². The smallest absolute Gasteiger partial charge is 0.250 e. The average Bonchev–Trinajstić information content (AvgIpc) is 3.30. The maximum atomic E-state index is 14.1. The Morgan fingerprint density at radius 2 is 1.40 bits per heavy atom. The Morgan fingerprint density at radius 3 is 2.00 bits per heavy atom. The number of rotatable bonds is 19. The summed E-state index contributed by atoms with van der Waals surface area (Å²) >= 11 is 0. The van der Waals surface area contributed by atoms with Gasteiger partial charge in [-0.2, -0.15) is 0 Å². The van der Waals surface area contributed by atoms with Gasteiger partial charge < -0.3 is 41.7 Å². The molecule has 6 N–H and O–H groups in total. The maximum Gasteiger partial charge on any atom is 0.250 e. The first-order valence-corrected chi connectivity index (χ1v) is 17.4. The minimum atomic E-state index is -0.390. The third kappa shape index (κ3) is 9.87. The molecule has 1 spiro atoms. The molecule has 2 aliphatic heterocycles. The highest BCUT2D eigenvalue weighted by Crippen LogP contribution is 2.41. The standard InChI is InChI=1S/C34H62N8O/c1-29(2)30-10-12-31(13-11-30)40-26-14-34(15-27-40)33(43)41(28-42(34)32-8-4-3-5-9-32)25-7-19-38-22-24-39-23-21-37-18-6-17-36-20-16-35/h3-5,8-9,29-31,36-39H,6-7,10-28,35H2,1-2H3/t30-,31+. The average molecular weight is 599 g/mol. The first-order valence-electron chi connectivity index (χ1n) is 17.4. The van der Waals surface area contributed by atoms with Crippen molar-refractivity contribution in [1.29, 1.82) is 0 Å². The summed E-state index contributed by atoms with van der Waals surface area (Å²) in [5.74, 6) is 2.05. The molecule has 3 fully saturated rings. The molecule has 9 nitrogen and oxygen atoms in total. The number of hydrogen-bond donors (Lipinski definition) is 5. The van der Waals surface area contributed by atoms with Gasteiger partial charge in [-0.05, 0) is 95.0 Å². The summed E-state index contributed by atoms with van der Waals surface area (Å²) in [5.41, 5.74) is 6.28. The zero-order valence-electron chi connectivity index (χ0n) is 27.3. The van der Waals surface area contributed by atoms with Gasteiger partial charge in [-0.25, -0.2) is 0 Å². The van der Waals surface area contributed by atoms with Crippen LogP contribution < -0.4 is 31.9 Å². The van der Waals surface area contributed by atoms with Crippen molar-refractivity contribution in [2.24, 2.45) is 17.6 Å².